The van der Waals surface area contributed by atoms with E-state index in [1.165, 1.54) is 0 Å². The molecule has 0 aliphatic carbocycles. The molecule has 17 heteroatoms. The van der Waals surface area contributed by atoms with Crippen LogP contribution in [-0.4, -0.2) is 57.8 Å². The molecule has 134 valence electrons. The molecule has 1 aliphatic heterocycles. The molecule has 0 aromatic rings. The Morgan fingerprint density at radius 3 is 2.30 bits per heavy atom. The molecule has 1 saturated heterocycles. The first kappa shape index (κ1) is 21.4. The van der Waals surface area contributed by atoms with Crippen LogP contribution in [0.1, 0.15) is 6.42 Å². The number of ether oxygens (including phenoxy) is 2. The van der Waals surface area contributed by atoms with Crippen LogP contribution in [0, 0.1) is 0 Å². The van der Waals surface area contributed by atoms with Crippen molar-refractivity contribution < 1.29 is 55.9 Å². The van der Waals surface area contributed by atoms with E-state index in [0.717, 1.165) is 5.55 Å². The normalized spacial score (nSPS) is 30.3. The molecule has 0 saturated carbocycles. The molecule has 1 fully saturated rings. The summed E-state index contributed by atoms with van der Waals surface area (Å²) in [5, 5.41) is 0. The lowest BCUT2D eigenvalue weighted by atomic mass is 9.96. The summed E-state index contributed by atoms with van der Waals surface area (Å²) in [6.07, 6.45) is -0.943. The van der Waals surface area contributed by atoms with Crippen LogP contribution < -0.4 is 0 Å². The van der Waals surface area contributed by atoms with Crippen LogP contribution in [0.25, 0.3) is 0 Å². The van der Waals surface area contributed by atoms with E-state index in [0.29, 0.717) is 6.42 Å². The van der Waals surface area contributed by atoms with Crippen molar-refractivity contribution in [1.82, 2.24) is 0 Å². The Bertz CT molecular complexity index is 565. The number of thiocarbonyl (C=S) groups is 1. The maximum atomic E-state index is 11.5. The second kappa shape index (κ2) is 8.14. The molecule has 5 atom stereocenters. The Morgan fingerprint density at radius 1 is 1.17 bits per heavy atom. The third-order valence-corrected chi connectivity index (χ3v) is 6.35. The number of phosphoric ester groups is 1. The van der Waals surface area contributed by atoms with Crippen LogP contribution in [0.3, 0.4) is 0 Å². The Kier molecular flexibility index (Phi) is 7.56. The molecule has 0 bridgehead atoms. The third kappa shape index (κ3) is 8.30. The molecule has 0 radical (unpaired) electrons. The van der Waals surface area contributed by atoms with Gasteiger partial charge in [-0.2, -0.15) is 8.62 Å². The lowest BCUT2D eigenvalue weighted by molar-refractivity contribution is 0.00240. The molecule has 1 rings (SSSR count). The predicted octanol–water partition coefficient (Wildman–Crippen LogP) is -0.580. The van der Waals surface area contributed by atoms with Crippen LogP contribution in [0.2, 0.25) is 0 Å². The Hall–Kier alpha value is 0.325. The summed E-state index contributed by atoms with van der Waals surface area (Å²) in [6.45, 7) is -0.568. The van der Waals surface area contributed by atoms with E-state index < -0.39 is 42.3 Å². The summed E-state index contributed by atoms with van der Waals surface area (Å²) in [5.41, 5.74) is 0.990. The van der Waals surface area contributed by atoms with Gasteiger partial charge in [0, 0.05) is 12.4 Å². The van der Waals surface area contributed by atoms with Gasteiger partial charge in [-0.3, -0.25) is 4.52 Å². The van der Waals surface area contributed by atoms with Gasteiger partial charge < -0.3 is 29.0 Å². The van der Waals surface area contributed by atoms with Gasteiger partial charge in [0.2, 0.25) is 0 Å². The molecule has 0 aromatic heterocycles. The van der Waals surface area contributed by atoms with Gasteiger partial charge in [-0.25, -0.2) is 13.7 Å². The highest BCUT2D eigenvalue weighted by Gasteiger charge is 2.42. The Morgan fingerprint density at radius 2 is 1.78 bits per heavy atom. The van der Waals surface area contributed by atoms with E-state index in [2.05, 4.69) is 25.4 Å². The first-order valence-electron chi connectivity index (χ1n) is 5.86. The summed E-state index contributed by atoms with van der Waals surface area (Å²) in [6, 6.07) is -0.246. The fourth-order valence-electron chi connectivity index (χ4n) is 1.75. The summed E-state index contributed by atoms with van der Waals surface area (Å²) < 4.78 is 55.2. The highest BCUT2D eigenvalue weighted by molar-refractivity contribution is 7.78. The topological polar surface area (TPSA) is 178 Å². The van der Waals surface area contributed by atoms with Gasteiger partial charge in [0.15, 0.2) is 0 Å². The molecule has 4 N–H and O–H groups in total. The zero-order chi connectivity index (χ0) is 17.9. The largest absolute Gasteiger partial charge is 0.490 e. The van der Waals surface area contributed by atoms with Gasteiger partial charge in [-0.05, 0) is 12.2 Å². The molecule has 1 heterocycles. The third-order valence-electron chi connectivity index (χ3n) is 2.43. The highest BCUT2D eigenvalue weighted by Crippen LogP contribution is 2.66. The van der Waals surface area contributed by atoms with Gasteiger partial charge in [0.25, 0.3) is 0 Å². The van der Waals surface area contributed by atoms with Gasteiger partial charge in [-0.1, -0.05) is 0 Å². The summed E-state index contributed by atoms with van der Waals surface area (Å²) in [7, 11) is -14.4. The highest BCUT2D eigenvalue weighted by atomic mass is 32.1. The van der Waals surface area contributed by atoms with Crippen molar-refractivity contribution in [2.75, 3.05) is 6.61 Å². The maximum Gasteiger partial charge on any atom is 0.490 e. The monoisotopic (exact) mass is 414 g/mol. The van der Waals surface area contributed by atoms with Crippen molar-refractivity contribution in [2.24, 2.45) is 0 Å². The van der Waals surface area contributed by atoms with Gasteiger partial charge in [0.1, 0.15) is 25.6 Å². The number of hydrogen-bond donors (Lipinski definition) is 4. The smallest absolute Gasteiger partial charge is 0.484 e. The molecule has 1 aliphatic rings. The molecule has 5 unspecified atom stereocenters. The van der Waals surface area contributed by atoms with Crippen molar-refractivity contribution in [2.45, 2.75) is 24.6 Å². The van der Waals surface area contributed by atoms with Crippen molar-refractivity contribution in [1.29, 1.82) is 0 Å². The average Bonchev–Trinajstić information content (AvgIpc) is 2.63. The summed E-state index contributed by atoms with van der Waals surface area (Å²) in [5.74, 6) is 0. The minimum Gasteiger partial charge on any atom is -0.484 e. The van der Waals surface area contributed by atoms with E-state index in [1.54, 1.807) is 7.85 Å². The molecule has 0 spiro atoms. The minimum absolute atomic E-state index is 0.246. The van der Waals surface area contributed by atoms with Crippen LogP contribution in [-0.2, 0) is 36.3 Å². The summed E-state index contributed by atoms with van der Waals surface area (Å²) in [4.78, 5) is 35.1. The molecule has 0 amide bonds. The standard InChI is InChI=1S/C6H14BO12P3S/c7-6-1-4(15-3-23)5(17-6)2-16-21(11,12)19-22(13,14)18-20(8,9)10/h3-6H,1-2,7H2,(H,11,12)(H,13,14)(H2,8,9,10). The first-order valence-corrected chi connectivity index (χ1v) is 10.9. The van der Waals surface area contributed by atoms with E-state index in [-0.39, 0.29) is 6.00 Å². The maximum absolute atomic E-state index is 11.5. The van der Waals surface area contributed by atoms with E-state index in [1.807, 2.05) is 0 Å². The van der Waals surface area contributed by atoms with Crippen LogP contribution in [0.4, 0.5) is 0 Å². The van der Waals surface area contributed by atoms with Crippen LogP contribution in [0.15, 0.2) is 0 Å². The average molecular weight is 414 g/mol. The van der Waals surface area contributed by atoms with Crippen molar-refractivity contribution in [3.05, 3.63) is 0 Å². The van der Waals surface area contributed by atoms with E-state index in [4.69, 9.17) is 24.2 Å². The number of hydrogen-bond acceptors (Lipinski definition) is 9. The zero-order valence-corrected chi connectivity index (χ0v) is 15.0. The van der Waals surface area contributed by atoms with Crippen molar-refractivity contribution in [3.8, 4) is 0 Å². The van der Waals surface area contributed by atoms with E-state index in [9.17, 15) is 18.6 Å². The van der Waals surface area contributed by atoms with Gasteiger partial charge in [-0.15, -0.1) is 0 Å². The lowest BCUT2D eigenvalue weighted by Crippen LogP contribution is -2.28. The fraction of sp³-hybridized carbons (Fsp3) is 0.833. The Balaban J connectivity index is 2.61. The minimum atomic E-state index is -5.53. The molecule has 12 nitrogen and oxygen atoms in total. The lowest BCUT2D eigenvalue weighted by Gasteiger charge is -2.20. The quantitative estimate of drug-likeness (QED) is 0.214. The number of rotatable bonds is 9. The first-order chi connectivity index (χ1) is 10.3. The second-order valence-electron chi connectivity index (χ2n) is 4.38. The molecule has 23 heavy (non-hydrogen) atoms. The van der Waals surface area contributed by atoms with Crippen molar-refractivity contribution in [3.63, 3.8) is 0 Å². The predicted molar refractivity (Wildman–Crippen MR) is 80.2 cm³/mol. The van der Waals surface area contributed by atoms with Gasteiger partial charge in [0.05, 0.1) is 6.61 Å². The number of phosphoric acid groups is 3. The second-order valence-corrected chi connectivity index (χ2v) is 8.99. The van der Waals surface area contributed by atoms with Crippen molar-refractivity contribution >= 4 is 49.1 Å². The zero-order valence-electron chi connectivity index (χ0n) is 11.5. The fourth-order valence-corrected chi connectivity index (χ4v) is 4.93. The van der Waals surface area contributed by atoms with Crippen LogP contribution >= 0.6 is 35.7 Å². The molecular weight excluding hydrogens is 400 g/mol. The molecular formula is C6H14BO12P3S. The van der Waals surface area contributed by atoms with Crippen LogP contribution in [0.5, 0.6) is 0 Å². The van der Waals surface area contributed by atoms with Gasteiger partial charge >= 0.3 is 23.5 Å². The van der Waals surface area contributed by atoms with E-state index >= 15 is 0 Å². The summed E-state index contributed by atoms with van der Waals surface area (Å²) >= 11 is 4.53. The SMILES string of the molecule is BC1CC(OC=S)C(COP(=O)(O)OP(=O)(O)OP(=O)(O)O)O1. The molecule has 0 aromatic carbocycles. The Labute approximate surface area is 136 Å².